The standard InChI is InChI=1S/C11H13ClN6S/c1-6(2)8-9(12)13-5-14-10(8)19-11-15-16-17-18(11)7-3-4-7/h5-7H,3-4H2,1-2H3. The van der Waals surface area contributed by atoms with Gasteiger partial charge < -0.3 is 0 Å². The fraction of sp³-hybridized carbons (Fsp3) is 0.545. The summed E-state index contributed by atoms with van der Waals surface area (Å²) in [6.45, 7) is 4.14. The molecule has 2 heterocycles. The van der Waals surface area contributed by atoms with E-state index in [1.54, 1.807) is 0 Å². The number of aromatic nitrogens is 6. The van der Waals surface area contributed by atoms with Crippen LogP contribution in [0.5, 0.6) is 0 Å². The molecule has 0 atom stereocenters. The van der Waals surface area contributed by atoms with Crippen LogP contribution in [0.4, 0.5) is 0 Å². The normalized spacial score (nSPS) is 15.2. The SMILES string of the molecule is CC(C)c1c(Cl)ncnc1Sc1nnnn1C1CC1. The van der Waals surface area contributed by atoms with Crippen molar-refractivity contribution in [3.63, 3.8) is 0 Å². The maximum Gasteiger partial charge on any atom is 0.215 e. The van der Waals surface area contributed by atoms with E-state index in [2.05, 4.69) is 39.3 Å². The Morgan fingerprint density at radius 1 is 1.37 bits per heavy atom. The molecule has 8 heteroatoms. The molecule has 3 rings (SSSR count). The van der Waals surface area contributed by atoms with Crippen molar-refractivity contribution in [3.05, 3.63) is 17.0 Å². The highest BCUT2D eigenvalue weighted by molar-refractivity contribution is 7.99. The van der Waals surface area contributed by atoms with Gasteiger partial charge in [-0.2, -0.15) is 0 Å². The van der Waals surface area contributed by atoms with Gasteiger partial charge in [-0.05, 0) is 40.9 Å². The summed E-state index contributed by atoms with van der Waals surface area (Å²) in [5.74, 6) is 0.251. The van der Waals surface area contributed by atoms with Crippen LogP contribution in [0.25, 0.3) is 0 Å². The van der Waals surface area contributed by atoms with Crippen molar-refractivity contribution >= 4 is 23.4 Å². The minimum Gasteiger partial charge on any atom is -0.229 e. The summed E-state index contributed by atoms with van der Waals surface area (Å²) in [4.78, 5) is 8.36. The lowest BCUT2D eigenvalue weighted by molar-refractivity contribution is 0.565. The Bertz CT molecular complexity index is 595. The van der Waals surface area contributed by atoms with Gasteiger partial charge in [0.05, 0.1) is 6.04 Å². The lowest BCUT2D eigenvalue weighted by Gasteiger charge is -2.11. The van der Waals surface area contributed by atoms with Gasteiger partial charge in [-0.3, -0.25) is 0 Å². The number of hydrogen-bond donors (Lipinski definition) is 0. The molecule has 0 radical (unpaired) electrons. The van der Waals surface area contributed by atoms with Crippen LogP contribution in [-0.4, -0.2) is 30.2 Å². The van der Waals surface area contributed by atoms with Crippen LogP contribution < -0.4 is 0 Å². The van der Waals surface area contributed by atoms with Crippen LogP contribution in [0.3, 0.4) is 0 Å². The molecule has 6 nitrogen and oxygen atoms in total. The summed E-state index contributed by atoms with van der Waals surface area (Å²) < 4.78 is 1.87. The van der Waals surface area contributed by atoms with E-state index in [1.165, 1.54) is 18.1 Å². The molecule has 100 valence electrons. The van der Waals surface area contributed by atoms with Gasteiger partial charge in [0, 0.05) is 5.56 Å². The molecule has 0 bridgehead atoms. The molecule has 19 heavy (non-hydrogen) atoms. The highest BCUT2D eigenvalue weighted by Gasteiger charge is 2.29. The average molecular weight is 297 g/mol. The fourth-order valence-electron chi connectivity index (χ4n) is 1.81. The predicted octanol–water partition coefficient (Wildman–Crippen LogP) is 2.73. The van der Waals surface area contributed by atoms with Gasteiger partial charge in [0.2, 0.25) is 5.16 Å². The molecule has 0 spiro atoms. The Labute approximate surface area is 120 Å². The van der Waals surface area contributed by atoms with Gasteiger partial charge >= 0.3 is 0 Å². The van der Waals surface area contributed by atoms with Crippen LogP contribution >= 0.6 is 23.4 Å². The first-order valence-electron chi connectivity index (χ1n) is 6.13. The molecule has 1 saturated carbocycles. The largest absolute Gasteiger partial charge is 0.229 e. The maximum absolute atomic E-state index is 6.16. The van der Waals surface area contributed by atoms with E-state index in [-0.39, 0.29) is 5.92 Å². The van der Waals surface area contributed by atoms with E-state index < -0.39 is 0 Å². The molecule has 0 aromatic carbocycles. The van der Waals surface area contributed by atoms with Crippen LogP contribution in [0, 0.1) is 0 Å². The third-order valence-corrected chi connectivity index (χ3v) is 4.19. The van der Waals surface area contributed by atoms with Crippen molar-refractivity contribution in [3.8, 4) is 0 Å². The molecule has 0 unspecified atom stereocenters. The molecule has 1 fully saturated rings. The van der Waals surface area contributed by atoms with E-state index in [4.69, 9.17) is 11.6 Å². The molecule has 1 aliphatic carbocycles. The lowest BCUT2D eigenvalue weighted by Crippen LogP contribution is -2.01. The Hall–Kier alpha value is -1.21. The highest BCUT2D eigenvalue weighted by Crippen LogP contribution is 2.39. The number of tetrazole rings is 1. The van der Waals surface area contributed by atoms with Crippen molar-refractivity contribution in [2.45, 2.75) is 48.8 Å². The van der Waals surface area contributed by atoms with E-state index in [0.717, 1.165) is 28.6 Å². The van der Waals surface area contributed by atoms with Crippen molar-refractivity contribution in [2.24, 2.45) is 0 Å². The maximum atomic E-state index is 6.16. The molecule has 0 saturated heterocycles. The van der Waals surface area contributed by atoms with Crippen molar-refractivity contribution in [1.29, 1.82) is 0 Å². The summed E-state index contributed by atoms with van der Waals surface area (Å²) in [5.41, 5.74) is 0.944. The first kappa shape index (κ1) is 12.8. The topological polar surface area (TPSA) is 69.4 Å². The van der Waals surface area contributed by atoms with Gasteiger partial charge in [0.1, 0.15) is 16.5 Å². The van der Waals surface area contributed by atoms with Crippen LogP contribution in [0.15, 0.2) is 16.5 Å². The smallest absolute Gasteiger partial charge is 0.215 e. The monoisotopic (exact) mass is 296 g/mol. The molecule has 2 aromatic heterocycles. The van der Waals surface area contributed by atoms with Crippen LogP contribution in [-0.2, 0) is 0 Å². The van der Waals surface area contributed by atoms with E-state index in [9.17, 15) is 0 Å². The Morgan fingerprint density at radius 2 is 2.16 bits per heavy atom. The Kier molecular flexibility index (Phi) is 3.40. The predicted molar refractivity (Wildman–Crippen MR) is 71.3 cm³/mol. The summed E-state index contributed by atoms with van der Waals surface area (Å²) in [5, 5.41) is 13.9. The number of hydrogen-bond acceptors (Lipinski definition) is 6. The minimum absolute atomic E-state index is 0.251. The molecular weight excluding hydrogens is 284 g/mol. The second kappa shape index (κ2) is 5.05. The summed E-state index contributed by atoms with van der Waals surface area (Å²) in [6, 6.07) is 0.442. The molecule has 0 N–H and O–H groups in total. The Balaban J connectivity index is 1.94. The molecular formula is C11H13ClN6S. The van der Waals surface area contributed by atoms with Crippen molar-refractivity contribution < 1.29 is 0 Å². The number of nitrogens with zero attached hydrogens (tertiary/aromatic N) is 6. The Morgan fingerprint density at radius 3 is 2.84 bits per heavy atom. The van der Waals surface area contributed by atoms with E-state index in [0.29, 0.717) is 11.2 Å². The van der Waals surface area contributed by atoms with Gasteiger partial charge in [-0.1, -0.05) is 25.4 Å². The van der Waals surface area contributed by atoms with Gasteiger partial charge in [0.25, 0.3) is 0 Å². The minimum atomic E-state index is 0.251. The van der Waals surface area contributed by atoms with Gasteiger partial charge in [-0.15, -0.1) is 5.10 Å². The quantitative estimate of drug-likeness (QED) is 0.808. The molecule has 0 amide bonds. The van der Waals surface area contributed by atoms with Crippen molar-refractivity contribution in [2.75, 3.05) is 0 Å². The first-order valence-corrected chi connectivity index (χ1v) is 7.32. The summed E-state index contributed by atoms with van der Waals surface area (Å²) in [6.07, 6.45) is 3.75. The average Bonchev–Trinajstić information content (AvgIpc) is 3.10. The highest BCUT2D eigenvalue weighted by atomic mass is 35.5. The fourth-order valence-corrected chi connectivity index (χ4v) is 3.29. The van der Waals surface area contributed by atoms with Crippen LogP contribution in [0.2, 0.25) is 5.15 Å². The molecule has 2 aromatic rings. The van der Waals surface area contributed by atoms with Gasteiger partial charge in [0.15, 0.2) is 0 Å². The number of rotatable bonds is 4. The zero-order valence-corrected chi connectivity index (χ0v) is 12.2. The van der Waals surface area contributed by atoms with Gasteiger partial charge in [-0.25, -0.2) is 14.6 Å². The zero-order valence-electron chi connectivity index (χ0n) is 10.6. The zero-order chi connectivity index (χ0) is 13.4. The third kappa shape index (κ3) is 2.57. The molecule has 1 aliphatic rings. The summed E-state index contributed by atoms with van der Waals surface area (Å²) in [7, 11) is 0. The van der Waals surface area contributed by atoms with E-state index in [1.807, 2.05) is 4.68 Å². The summed E-state index contributed by atoms with van der Waals surface area (Å²) >= 11 is 7.61. The van der Waals surface area contributed by atoms with Crippen LogP contribution in [0.1, 0.15) is 44.2 Å². The molecule has 0 aliphatic heterocycles. The third-order valence-electron chi connectivity index (χ3n) is 2.92. The number of halogens is 1. The van der Waals surface area contributed by atoms with E-state index >= 15 is 0 Å². The second-order valence-electron chi connectivity index (χ2n) is 4.78. The second-order valence-corrected chi connectivity index (χ2v) is 6.09. The first-order chi connectivity index (χ1) is 9.16. The lowest BCUT2D eigenvalue weighted by atomic mass is 10.1. The van der Waals surface area contributed by atoms with Crippen molar-refractivity contribution in [1.82, 2.24) is 30.2 Å².